The third-order valence-electron chi connectivity index (χ3n) is 2.92. The Morgan fingerprint density at radius 2 is 2.17 bits per heavy atom. The average Bonchev–Trinajstić information content (AvgIpc) is 2.92. The summed E-state index contributed by atoms with van der Waals surface area (Å²) in [6.07, 6.45) is -2.55. The number of aliphatic hydroxyl groups is 3. The number of aromatic amines is 1. The van der Waals surface area contributed by atoms with Gasteiger partial charge in [0, 0.05) is 0 Å². The minimum absolute atomic E-state index is 0.315. The molecule has 1 unspecified atom stereocenters. The van der Waals surface area contributed by atoms with Gasteiger partial charge in [-0.05, 0) is 5.21 Å². The first-order chi connectivity index (χ1) is 8.70. The predicted molar refractivity (Wildman–Crippen MR) is 56.2 cm³/mol. The summed E-state index contributed by atoms with van der Waals surface area (Å²) in [4.78, 5) is 6.98. The molecule has 1 saturated heterocycles. The minimum atomic E-state index is -1.16. The summed E-state index contributed by atoms with van der Waals surface area (Å²) in [5.74, 6) is 0.315. The van der Waals surface area contributed by atoms with Gasteiger partial charge in [0.15, 0.2) is 0 Å². The lowest BCUT2D eigenvalue weighted by atomic mass is 10.1. The van der Waals surface area contributed by atoms with Crippen LogP contribution in [0.25, 0.3) is 11.2 Å². The number of rotatable bonds is 2. The largest absolute Gasteiger partial charge is 0.394 e. The lowest BCUT2D eigenvalue weighted by Gasteiger charge is -2.11. The zero-order valence-corrected chi connectivity index (χ0v) is 9.13. The fourth-order valence-corrected chi connectivity index (χ4v) is 1.97. The molecule has 96 valence electrons. The summed E-state index contributed by atoms with van der Waals surface area (Å²) in [5, 5.41) is 39.2. The zero-order chi connectivity index (χ0) is 12.7. The van der Waals surface area contributed by atoms with E-state index in [4.69, 9.17) is 9.84 Å². The van der Waals surface area contributed by atoms with Gasteiger partial charge in [-0.25, -0.2) is 4.98 Å². The van der Waals surface area contributed by atoms with Crippen LogP contribution in [0.15, 0.2) is 6.20 Å². The number of hydrogen-bond donors (Lipinski definition) is 4. The van der Waals surface area contributed by atoms with Crippen LogP contribution >= 0.6 is 0 Å². The van der Waals surface area contributed by atoms with Crippen molar-refractivity contribution in [2.75, 3.05) is 6.61 Å². The second-order valence-electron chi connectivity index (χ2n) is 4.05. The maximum Gasteiger partial charge on any atom is 0.203 e. The van der Waals surface area contributed by atoms with Crippen molar-refractivity contribution in [3.05, 3.63) is 12.0 Å². The Kier molecular flexibility index (Phi) is 2.67. The molecule has 9 heteroatoms. The molecule has 2 aromatic heterocycles. The van der Waals surface area contributed by atoms with Gasteiger partial charge in [0.2, 0.25) is 5.65 Å². The molecular weight excluding hydrogens is 242 g/mol. The number of aromatic nitrogens is 5. The Labute approximate surface area is 100 Å². The van der Waals surface area contributed by atoms with E-state index in [9.17, 15) is 10.2 Å². The van der Waals surface area contributed by atoms with Crippen LogP contribution in [0.2, 0.25) is 0 Å². The van der Waals surface area contributed by atoms with Gasteiger partial charge in [-0.2, -0.15) is 0 Å². The van der Waals surface area contributed by atoms with Crippen LogP contribution in [0.3, 0.4) is 0 Å². The molecule has 0 aliphatic carbocycles. The number of hydrogen-bond acceptors (Lipinski definition) is 8. The van der Waals surface area contributed by atoms with E-state index in [-0.39, 0.29) is 6.61 Å². The quantitative estimate of drug-likeness (QED) is 0.477. The van der Waals surface area contributed by atoms with Gasteiger partial charge in [0.25, 0.3) is 0 Å². The molecule has 0 aromatic carbocycles. The average molecular weight is 253 g/mol. The van der Waals surface area contributed by atoms with Crippen LogP contribution in [0.5, 0.6) is 0 Å². The second kappa shape index (κ2) is 4.21. The van der Waals surface area contributed by atoms with E-state index in [1.165, 1.54) is 6.20 Å². The topological polar surface area (TPSA) is 137 Å². The molecule has 1 aliphatic heterocycles. The minimum Gasteiger partial charge on any atom is -0.394 e. The van der Waals surface area contributed by atoms with Gasteiger partial charge in [-0.1, -0.05) is 0 Å². The third kappa shape index (κ3) is 1.64. The van der Waals surface area contributed by atoms with Crippen LogP contribution in [-0.4, -0.2) is 65.6 Å². The van der Waals surface area contributed by atoms with Gasteiger partial charge in [0.05, 0.1) is 12.8 Å². The maximum absolute atomic E-state index is 9.84. The van der Waals surface area contributed by atoms with E-state index >= 15 is 0 Å². The lowest BCUT2D eigenvalue weighted by molar-refractivity contribution is -0.0249. The molecule has 1 aliphatic rings. The van der Waals surface area contributed by atoms with E-state index < -0.39 is 24.4 Å². The van der Waals surface area contributed by atoms with Crippen molar-refractivity contribution in [1.82, 2.24) is 25.4 Å². The number of ether oxygens (including phenoxy) is 1. The maximum atomic E-state index is 9.84. The highest BCUT2D eigenvalue weighted by atomic mass is 16.6. The SMILES string of the molecule is OC[C@H]1OC(c2nc3nnncc3[nH]2)[C@H](O)[C@@H]1O. The normalized spacial score (nSPS) is 32.2. The van der Waals surface area contributed by atoms with Crippen LogP contribution in [-0.2, 0) is 4.74 Å². The van der Waals surface area contributed by atoms with Crippen molar-refractivity contribution in [3.8, 4) is 0 Å². The first-order valence-electron chi connectivity index (χ1n) is 5.37. The Bertz CT molecular complexity index is 528. The van der Waals surface area contributed by atoms with Crippen molar-refractivity contribution in [3.63, 3.8) is 0 Å². The van der Waals surface area contributed by atoms with E-state index in [0.29, 0.717) is 17.0 Å². The molecule has 0 bridgehead atoms. The van der Waals surface area contributed by atoms with Crippen LogP contribution in [0.1, 0.15) is 11.9 Å². The number of H-pyrrole nitrogens is 1. The van der Waals surface area contributed by atoms with E-state index in [0.717, 1.165) is 0 Å². The van der Waals surface area contributed by atoms with Crippen LogP contribution in [0, 0.1) is 0 Å². The molecular formula is C9H11N5O4. The van der Waals surface area contributed by atoms with Gasteiger partial charge >= 0.3 is 0 Å². The molecule has 0 saturated carbocycles. The molecule has 1 fully saturated rings. The number of fused-ring (bicyclic) bond motifs is 1. The molecule has 3 rings (SSSR count). The summed E-state index contributed by atoms with van der Waals surface area (Å²) in [5.41, 5.74) is 0.899. The van der Waals surface area contributed by atoms with Crippen molar-refractivity contribution in [2.24, 2.45) is 0 Å². The molecule has 3 heterocycles. The van der Waals surface area contributed by atoms with Crippen LogP contribution in [0.4, 0.5) is 0 Å². The molecule has 2 aromatic rings. The van der Waals surface area contributed by atoms with Gasteiger partial charge < -0.3 is 25.0 Å². The van der Waals surface area contributed by atoms with Gasteiger partial charge in [-0.15, -0.1) is 10.2 Å². The van der Waals surface area contributed by atoms with E-state index in [1.54, 1.807) is 0 Å². The lowest BCUT2D eigenvalue weighted by Crippen LogP contribution is -2.32. The second-order valence-corrected chi connectivity index (χ2v) is 4.05. The number of nitrogens with one attached hydrogen (secondary N) is 1. The van der Waals surface area contributed by atoms with Crippen molar-refractivity contribution in [1.29, 1.82) is 0 Å². The molecule has 0 spiro atoms. The molecule has 4 N–H and O–H groups in total. The van der Waals surface area contributed by atoms with Gasteiger partial charge in [0.1, 0.15) is 35.8 Å². The number of nitrogens with zero attached hydrogens (tertiary/aromatic N) is 4. The summed E-state index contributed by atoms with van der Waals surface area (Å²) in [7, 11) is 0. The molecule has 18 heavy (non-hydrogen) atoms. The molecule has 0 radical (unpaired) electrons. The smallest absolute Gasteiger partial charge is 0.203 e. The summed E-state index contributed by atoms with van der Waals surface area (Å²) in [6, 6.07) is 0. The Hall–Kier alpha value is -1.68. The molecule has 4 atom stereocenters. The summed E-state index contributed by atoms with van der Waals surface area (Å²) in [6.45, 7) is -0.379. The first kappa shape index (κ1) is 11.4. The number of imidazole rings is 1. The molecule has 0 amide bonds. The first-order valence-corrected chi connectivity index (χ1v) is 5.37. The zero-order valence-electron chi connectivity index (χ0n) is 9.13. The monoisotopic (exact) mass is 253 g/mol. The highest BCUT2D eigenvalue weighted by Gasteiger charge is 2.44. The highest BCUT2D eigenvalue weighted by molar-refractivity contribution is 5.68. The van der Waals surface area contributed by atoms with E-state index in [1.807, 2.05) is 0 Å². The van der Waals surface area contributed by atoms with Crippen molar-refractivity contribution in [2.45, 2.75) is 24.4 Å². The summed E-state index contributed by atoms with van der Waals surface area (Å²) < 4.78 is 5.34. The Morgan fingerprint density at radius 3 is 2.83 bits per heavy atom. The summed E-state index contributed by atoms with van der Waals surface area (Å²) >= 11 is 0. The number of aliphatic hydroxyl groups excluding tert-OH is 3. The van der Waals surface area contributed by atoms with Crippen LogP contribution < -0.4 is 0 Å². The fraction of sp³-hybridized carbons (Fsp3) is 0.556. The van der Waals surface area contributed by atoms with Gasteiger partial charge in [-0.3, -0.25) is 0 Å². The highest BCUT2D eigenvalue weighted by Crippen LogP contribution is 2.32. The fourth-order valence-electron chi connectivity index (χ4n) is 1.97. The van der Waals surface area contributed by atoms with E-state index in [2.05, 4.69) is 25.4 Å². The standard InChI is InChI=1S/C9H11N5O4/c15-2-4-5(16)6(17)7(18-4)9-11-3-1-10-14-13-8(3)12-9/h1,4-7,15-17H,2H2,(H,10,11,12,13)/t4-,5-,6-,7?/m1/s1. The van der Waals surface area contributed by atoms with Crippen molar-refractivity contribution >= 4 is 11.2 Å². The predicted octanol–water partition coefficient (Wildman–Crippen LogP) is -2.10. The molecule has 9 nitrogen and oxygen atoms in total. The third-order valence-corrected chi connectivity index (χ3v) is 2.92. The Morgan fingerprint density at radius 1 is 1.33 bits per heavy atom. The van der Waals surface area contributed by atoms with Crippen molar-refractivity contribution < 1.29 is 20.1 Å². The Balaban J connectivity index is 1.95.